The number of aldehydes is 1. The van der Waals surface area contributed by atoms with Gasteiger partial charge in [-0.1, -0.05) is 0 Å². The summed E-state index contributed by atoms with van der Waals surface area (Å²) in [6.07, 6.45) is 0.627. The molecule has 0 saturated carbocycles. The molecule has 0 fully saturated rings. The second-order valence-electron chi connectivity index (χ2n) is 5.04. The van der Waals surface area contributed by atoms with Crippen molar-refractivity contribution in [1.82, 2.24) is 0 Å². The first-order valence-electron chi connectivity index (χ1n) is 7.60. The van der Waals surface area contributed by atoms with Gasteiger partial charge < -0.3 is 33.2 Å². The quantitative estimate of drug-likeness (QED) is 0.495. The van der Waals surface area contributed by atoms with Crippen LogP contribution in [-0.2, 0) is 4.74 Å². The summed E-state index contributed by atoms with van der Waals surface area (Å²) in [7, 11) is 8.89. The number of rotatable bonds is 9. The average molecular weight is 366 g/mol. The fourth-order valence-corrected chi connectivity index (χ4v) is 2.82. The number of carbonyl (C=O) groups is 1. The van der Waals surface area contributed by atoms with E-state index in [4.69, 9.17) is 33.2 Å². The number of fused-ring (bicyclic) bond motifs is 1. The van der Waals surface area contributed by atoms with Crippen molar-refractivity contribution in [3.63, 3.8) is 0 Å². The highest BCUT2D eigenvalue weighted by Crippen LogP contribution is 2.54. The SMILES string of the molecule is COCOc1c(C=O)c(OC)c2c(OC)cc(OC)c(OC)c2c1OC. The van der Waals surface area contributed by atoms with Crippen molar-refractivity contribution in [3.05, 3.63) is 11.6 Å². The van der Waals surface area contributed by atoms with Gasteiger partial charge >= 0.3 is 0 Å². The van der Waals surface area contributed by atoms with Crippen molar-refractivity contribution < 1.29 is 38.0 Å². The van der Waals surface area contributed by atoms with E-state index in [9.17, 15) is 4.79 Å². The molecule has 0 heterocycles. The van der Waals surface area contributed by atoms with Crippen LogP contribution in [0.1, 0.15) is 10.4 Å². The Morgan fingerprint density at radius 1 is 0.731 bits per heavy atom. The Bertz CT molecular complexity index is 800. The molecule has 0 aliphatic heterocycles. The first-order chi connectivity index (χ1) is 12.6. The minimum absolute atomic E-state index is 0.0880. The van der Waals surface area contributed by atoms with Gasteiger partial charge in [0.2, 0.25) is 0 Å². The number of ether oxygens (including phenoxy) is 7. The molecular weight excluding hydrogens is 344 g/mol. The van der Waals surface area contributed by atoms with Crippen LogP contribution in [0, 0.1) is 0 Å². The van der Waals surface area contributed by atoms with E-state index in [1.165, 1.54) is 42.7 Å². The maximum absolute atomic E-state index is 11.8. The van der Waals surface area contributed by atoms with E-state index >= 15 is 0 Å². The molecule has 2 aromatic carbocycles. The van der Waals surface area contributed by atoms with E-state index in [-0.39, 0.29) is 29.6 Å². The van der Waals surface area contributed by atoms with Crippen LogP contribution in [0.3, 0.4) is 0 Å². The van der Waals surface area contributed by atoms with Crippen molar-refractivity contribution in [2.24, 2.45) is 0 Å². The molecule has 0 aliphatic carbocycles. The van der Waals surface area contributed by atoms with E-state index in [0.29, 0.717) is 34.3 Å². The van der Waals surface area contributed by atoms with Gasteiger partial charge in [0.1, 0.15) is 17.1 Å². The molecule has 0 unspecified atom stereocenters. The van der Waals surface area contributed by atoms with Crippen LogP contribution in [-0.4, -0.2) is 55.7 Å². The molecule has 0 radical (unpaired) electrons. The molecule has 8 nitrogen and oxygen atoms in total. The highest BCUT2D eigenvalue weighted by atomic mass is 16.7. The van der Waals surface area contributed by atoms with Gasteiger partial charge in [-0.05, 0) is 0 Å². The van der Waals surface area contributed by atoms with Gasteiger partial charge in [-0.2, -0.15) is 0 Å². The minimum Gasteiger partial charge on any atom is -0.496 e. The highest BCUT2D eigenvalue weighted by Gasteiger charge is 2.29. The van der Waals surface area contributed by atoms with Crippen LogP contribution in [0.4, 0.5) is 0 Å². The summed E-state index contributed by atoms with van der Waals surface area (Å²) < 4.78 is 38.0. The van der Waals surface area contributed by atoms with E-state index < -0.39 is 0 Å². The van der Waals surface area contributed by atoms with Gasteiger partial charge in [0.15, 0.2) is 36.1 Å². The first kappa shape index (κ1) is 19.5. The molecule has 0 N–H and O–H groups in total. The number of hydrogen-bond acceptors (Lipinski definition) is 8. The normalized spacial score (nSPS) is 10.4. The summed E-state index contributed by atoms with van der Waals surface area (Å²) in [4.78, 5) is 11.8. The second-order valence-corrected chi connectivity index (χ2v) is 5.04. The molecule has 2 rings (SSSR count). The fourth-order valence-electron chi connectivity index (χ4n) is 2.82. The van der Waals surface area contributed by atoms with E-state index in [2.05, 4.69) is 0 Å². The van der Waals surface area contributed by atoms with Crippen LogP contribution in [0.25, 0.3) is 10.8 Å². The van der Waals surface area contributed by atoms with Gasteiger partial charge in [-0.15, -0.1) is 0 Å². The zero-order valence-electron chi connectivity index (χ0n) is 15.6. The van der Waals surface area contributed by atoms with Crippen molar-refractivity contribution in [3.8, 4) is 34.5 Å². The summed E-state index contributed by atoms with van der Waals surface area (Å²) in [6, 6.07) is 1.65. The summed E-state index contributed by atoms with van der Waals surface area (Å²) in [6.45, 7) is -0.0880. The number of benzene rings is 2. The van der Waals surface area contributed by atoms with Gasteiger partial charge in [0, 0.05) is 13.2 Å². The molecule has 0 bridgehead atoms. The Morgan fingerprint density at radius 2 is 1.35 bits per heavy atom. The predicted octanol–water partition coefficient (Wildman–Crippen LogP) is 2.68. The molecule has 0 spiro atoms. The lowest BCUT2D eigenvalue weighted by molar-refractivity contribution is 0.0485. The summed E-state index contributed by atoms with van der Waals surface area (Å²) in [5.41, 5.74) is 0.166. The smallest absolute Gasteiger partial charge is 0.188 e. The summed E-state index contributed by atoms with van der Waals surface area (Å²) in [5, 5.41) is 0.983. The Labute approximate surface area is 151 Å². The van der Waals surface area contributed by atoms with Crippen LogP contribution >= 0.6 is 0 Å². The maximum Gasteiger partial charge on any atom is 0.188 e. The minimum atomic E-state index is -0.0880. The van der Waals surface area contributed by atoms with Crippen LogP contribution < -0.4 is 28.4 Å². The lowest BCUT2D eigenvalue weighted by Crippen LogP contribution is -2.07. The molecule has 0 aromatic heterocycles. The second kappa shape index (κ2) is 8.48. The van der Waals surface area contributed by atoms with Crippen molar-refractivity contribution in [2.75, 3.05) is 49.5 Å². The zero-order chi connectivity index (χ0) is 19.3. The Morgan fingerprint density at radius 3 is 1.81 bits per heavy atom. The molecule has 0 aliphatic rings. The molecule has 142 valence electrons. The number of carbonyl (C=O) groups excluding carboxylic acids is 1. The lowest BCUT2D eigenvalue weighted by atomic mass is 10.0. The van der Waals surface area contributed by atoms with Crippen LogP contribution in [0.15, 0.2) is 6.07 Å². The summed E-state index contributed by atoms with van der Waals surface area (Å²) in [5.74, 6) is 1.94. The van der Waals surface area contributed by atoms with Crippen molar-refractivity contribution >= 4 is 17.1 Å². The molecule has 0 atom stereocenters. The van der Waals surface area contributed by atoms with Gasteiger partial charge in [-0.3, -0.25) is 4.79 Å². The standard InChI is InChI=1S/C18H22O8/c1-20-9-26-16-10(8-19)15(23-4)13-11(21-2)7-12(22-3)17(24-5)14(13)18(16)25-6/h7-8H,9H2,1-6H3. The first-order valence-corrected chi connectivity index (χ1v) is 7.60. The average Bonchev–Trinajstić information content (AvgIpc) is 2.68. The van der Waals surface area contributed by atoms with Gasteiger partial charge in [0.05, 0.1) is 46.3 Å². The number of methoxy groups -OCH3 is 6. The molecule has 8 heteroatoms. The fraction of sp³-hybridized carbons (Fsp3) is 0.389. The molecule has 2 aromatic rings. The monoisotopic (exact) mass is 366 g/mol. The highest BCUT2D eigenvalue weighted by molar-refractivity contribution is 6.10. The van der Waals surface area contributed by atoms with Crippen molar-refractivity contribution in [1.29, 1.82) is 0 Å². The maximum atomic E-state index is 11.8. The van der Waals surface area contributed by atoms with Crippen LogP contribution in [0.2, 0.25) is 0 Å². The third-order valence-electron chi connectivity index (χ3n) is 3.85. The molecular formula is C18H22O8. The topological polar surface area (TPSA) is 81.7 Å². The third-order valence-corrected chi connectivity index (χ3v) is 3.85. The number of hydrogen-bond donors (Lipinski definition) is 0. The molecule has 26 heavy (non-hydrogen) atoms. The molecule has 0 saturated heterocycles. The van der Waals surface area contributed by atoms with Crippen molar-refractivity contribution in [2.45, 2.75) is 0 Å². The van der Waals surface area contributed by atoms with Gasteiger partial charge in [0.25, 0.3) is 0 Å². The van der Waals surface area contributed by atoms with Gasteiger partial charge in [-0.25, -0.2) is 0 Å². The molecule has 0 amide bonds. The Hall–Kier alpha value is -2.87. The Kier molecular flexibility index (Phi) is 6.35. The van der Waals surface area contributed by atoms with E-state index in [1.54, 1.807) is 6.07 Å². The lowest BCUT2D eigenvalue weighted by Gasteiger charge is -2.22. The largest absolute Gasteiger partial charge is 0.496 e. The third kappa shape index (κ3) is 3.03. The Balaban J connectivity index is 3.12. The predicted molar refractivity (Wildman–Crippen MR) is 94.6 cm³/mol. The van der Waals surface area contributed by atoms with Crippen LogP contribution in [0.5, 0.6) is 34.5 Å². The summed E-state index contributed by atoms with van der Waals surface area (Å²) >= 11 is 0. The van der Waals surface area contributed by atoms with E-state index in [0.717, 1.165) is 0 Å². The zero-order valence-corrected chi connectivity index (χ0v) is 15.6. The van der Waals surface area contributed by atoms with E-state index in [1.807, 2.05) is 0 Å².